The van der Waals surface area contributed by atoms with Gasteiger partial charge in [-0.1, -0.05) is 25.3 Å². The number of hydrogen-bond donors (Lipinski definition) is 1. The lowest BCUT2D eigenvalue weighted by molar-refractivity contribution is -0.116. The summed E-state index contributed by atoms with van der Waals surface area (Å²) in [6.07, 6.45) is 9.98. The van der Waals surface area contributed by atoms with E-state index in [0.29, 0.717) is 19.3 Å². The Kier molecular flexibility index (Phi) is 6.09. The van der Waals surface area contributed by atoms with Crippen LogP contribution in [0.3, 0.4) is 0 Å². The molecular weight excluding hydrogens is 190 g/mol. The van der Waals surface area contributed by atoms with Crippen molar-refractivity contribution in [3.8, 4) is 0 Å². The number of carbonyl (C=O) groups is 1. The number of allylic oxidation sites excluding steroid dienone is 1. The molecule has 0 saturated heterocycles. The molecule has 3 nitrogen and oxygen atoms in total. The van der Waals surface area contributed by atoms with Crippen molar-refractivity contribution in [1.82, 2.24) is 5.32 Å². The van der Waals surface area contributed by atoms with E-state index in [1.54, 1.807) is 6.08 Å². The zero-order valence-electron chi connectivity index (χ0n) is 9.50. The lowest BCUT2D eigenvalue weighted by Crippen LogP contribution is -2.28. The average Bonchev–Trinajstić information content (AvgIpc) is 2.26. The van der Waals surface area contributed by atoms with Gasteiger partial charge in [0.2, 0.25) is 5.91 Å². The number of carbonyl (C=O) groups excluding carboxylic acids is 1. The molecule has 1 N–H and O–H groups in total. The molecule has 0 bridgehead atoms. The summed E-state index contributed by atoms with van der Waals surface area (Å²) in [4.78, 5) is 11.0. The van der Waals surface area contributed by atoms with Crippen LogP contribution >= 0.6 is 0 Å². The predicted molar refractivity (Wildman–Crippen MR) is 60.6 cm³/mol. The highest BCUT2D eigenvalue weighted by atomic mass is 16.5. The topological polar surface area (TPSA) is 38.3 Å². The van der Waals surface area contributed by atoms with Crippen LogP contribution in [0.5, 0.6) is 0 Å². The van der Waals surface area contributed by atoms with Gasteiger partial charge in [0, 0.05) is 6.54 Å². The van der Waals surface area contributed by atoms with E-state index >= 15 is 0 Å². The van der Waals surface area contributed by atoms with Crippen LogP contribution in [0.15, 0.2) is 12.2 Å². The third kappa shape index (κ3) is 5.57. The van der Waals surface area contributed by atoms with Crippen LogP contribution in [0, 0.1) is 0 Å². The first-order valence-electron chi connectivity index (χ1n) is 5.85. The van der Waals surface area contributed by atoms with E-state index in [1.165, 1.54) is 38.2 Å². The number of amides is 1. The standard InChI is InChI=1S/C12H21NO2/c1-2-6-12(14)13-9-10-15-11-7-4-3-5-8-11/h2,6,11H,3-5,7-10H2,1H3,(H,13,14). The summed E-state index contributed by atoms with van der Waals surface area (Å²) in [6.45, 7) is 3.08. The van der Waals surface area contributed by atoms with Gasteiger partial charge in [0.1, 0.15) is 0 Å². The van der Waals surface area contributed by atoms with Crippen molar-refractivity contribution in [2.24, 2.45) is 0 Å². The Morgan fingerprint density at radius 3 is 2.80 bits per heavy atom. The Bertz CT molecular complexity index is 208. The van der Waals surface area contributed by atoms with Crippen LogP contribution < -0.4 is 5.32 Å². The SMILES string of the molecule is CC=CC(=O)NCCOC1CCCCC1. The molecule has 0 aromatic rings. The second-order valence-electron chi connectivity index (χ2n) is 3.92. The first kappa shape index (κ1) is 12.2. The van der Waals surface area contributed by atoms with Crippen LogP contribution in [-0.2, 0) is 9.53 Å². The maximum absolute atomic E-state index is 11.0. The molecule has 15 heavy (non-hydrogen) atoms. The van der Waals surface area contributed by atoms with Crippen molar-refractivity contribution in [3.05, 3.63) is 12.2 Å². The van der Waals surface area contributed by atoms with Crippen LogP contribution in [0.4, 0.5) is 0 Å². The van der Waals surface area contributed by atoms with E-state index in [9.17, 15) is 4.79 Å². The Morgan fingerprint density at radius 1 is 1.40 bits per heavy atom. The molecule has 3 heteroatoms. The Labute approximate surface area is 91.9 Å². The highest BCUT2D eigenvalue weighted by Crippen LogP contribution is 2.19. The molecule has 1 amide bonds. The molecule has 1 rings (SSSR count). The lowest BCUT2D eigenvalue weighted by Gasteiger charge is -2.21. The van der Waals surface area contributed by atoms with Crippen LogP contribution in [0.2, 0.25) is 0 Å². The van der Waals surface area contributed by atoms with Gasteiger partial charge in [0.25, 0.3) is 0 Å². The second-order valence-corrected chi connectivity index (χ2v) is 3.92. The fourth-order valence-corrected chi connectivity index (χ4v) is 1.84. The molecule has 86 valence electrons. The number of ether oxygens (including phenoxy) is 1. The van der Waals surface area contributed by atoms with Crippen molar-refractivity contribution in [3.63, 3.8) is 0 Å². The molecule has 0 spiro atoms. The predicted octanol–water partition coefficient (Wildman–Crippen LogP) is 2.03. The Balaban J connectivity index is 1.98. The Hall–Kier alpha value is -0.830. The molecule has 1 fully saturated rings. The van der Waals surface area contributed by atoms with Crippen molar-refractivity contribution in [2.75, 3.05) is 13.2 Å². The fourth-order valence-electron chi connectivity index (χ4n) is 1.84. The summed E-state index contributed by atoms with van der Waals surface area (Å²) < 4.78 is 5.67. The second kappa shape index (κ2) is 7.46. The van der Waals surface area contributed by atoms with Crippen LogP contribution in [0.1, 0.15) is 39.0 Å². The smallest absolute Gasteiger partial charge is 0.243 e. The van der Waals surface area contributed by atoms with Gasteiger partial charge in [0.15, 0.2) is 0 Å². The molecule has 1 aliphatic carbocycles. The minimum absolute atomic E-state index is 0.0373. The summed E-state index contributed by atoms with van der Waals surface area (Å²) in [5.41, 5.74) is 0. The van der Waals surface area contributed by atoms with Crippen LogP contribution in [0.25, 0.3) is 0 Å². The van der Waals surface area contributed by atoms with Gasteiger partial charge in [0.05, 0.1) is 12.7 Å². The Morgan fingerprint density at radius 2 is 2.13 bits per heavy atom. The molecule has 1 saturated carbocycles. The summed E-state index contributed by atoms with van der Waals surface area (Å²) in [5.74, 6) is -0.0373. The molecular formula is C12H21NO2. The van der Waals surface area contributed by atoms with Crippen molar-refractivity contribution < 1.29 is 9.53 Å². The first-order chi connectivity index (χ1) is 7.33. The monoisotopic (exact) mass is 211 g/mol. The number of nitrogens with one attached hydrogen (secondary N) is 1. The summed E-state index contributed by atoms with van der Waals surface area (Å²) >= 11 is 0. The van der Waals surface area contributed by atoms with E-state index in [-0.39, 0.29) is 5.91 Å². The quantitative estimate of drug-likeness (QED) is 0.558. The zero-order chi connectivity index (χ0) is 10.9. The van der Waals surface area contributed by atoms with E-state index in [2.05, 4.69) is 5.32 Å². The largest absolute Gasteiger partial charge is 0.376 e. The van der Waals surface area contributed by atoms with Gasteiger partial charge in [-0.2, -0.15) is 0 Å². The zero-order valence-corrected chi connectivity index (χ0v) is 9.50. The maximum atomic E-state index is 11.0. The van der Waals surface area contributed by atoms with Gasteiger partial charge in [-0.05, 0) is 25.8 Å². The third-order valence-electron chi connectivity index (χ3n) is 2.63. The highest BCUT2D eigenvalue weighted by Gasteiger charge is 2.12. The molecule has 1 aliphatic rings. The minimum Gasteiger partial charge on any atom is -0.376 e. The molecule has 0 atom stereocenters. The van der Waals surface area contributed by atoms with Gasteiger partial charge >= 0.3 is 0 Å². The van der Waals surface area contributed by atoms with Crippen molar-refractivity contribution in [2.45, 2.75) is 45.1 Å². The summed E-state index contributed by atoms with van der Waals surface area (Å²) in [5, 5.41) is 2.77. The first-order valence-corrected chi connectivity index (χ1v) is 5.85. The average molecular weight is 211 g/mol. The summed E-state index contributed by atoms with van der Waals surface area (Å²) in [7, 11) is 0. The molecule has 0 radical (unpaired) electrons. The number of rotatable bonds is 5. The lowest BCUT2D eigenvalue weighted by atomic mass is 9.98. The number of hydrogen-bond acceptors (Lipinski definition) is 2. The van der Waals surface area contributed by atoms with Gasteiger partial charge < -0.3 is 10.1 Å². The van der Waals surface area contributed by atoms with Gasteiger partial charge in [-0.3, -0.25) is 4.79 Å². The van der Waals surface area contributed by atoms with Crippen LogP contribution in [-0.4, -0.2) is 25.2 Å². The fraction of sp³-hybridized carbons (Fsp3) is 0.750. The maximum Gasteiger partial charge on any atom is 0.243 e. The van der Waals surface area contributed by atoms with Gasteiger partial charge in [-0.15, -0.1) is 0 Å². The van der Waals surface area contributed by atoms with E-state index in [0.717, 1.165) is 0 Å². The summed E-state index contributed by atoms with van der Waals surface area (Å²) in [6, 6.07) is 0. The van der Waals surface area contributed by atoms with Crippen molar-refractivity contribution in [1.29, 1.82) is 0 Å². The molecule has 0 unspecified atom stereocenters. The van der Waals surface area contributed by atoms with E-state index in [1.807, 2.05) is 6.92 Å². The minimum atomic E-state index is -0.0373. The van der Waals surface area contributed by atoms with Gasteiger partial charge in [-0.25, -0.2) is 0 Å². The molecule has 0 heterocycles. The molecule has 0 aromatic carbocycles. The molecule has 0 aromatic heterocycles. The van der Waals surface area contributed by atoms with E-state index in [4.69, 9.17) is 4.74 Å². The van der Waals surface area contributed by atoms with E-state index < -0.39 is 0 Å². The highest BCUT2D eigenvalue weighted by molar-refractivity contribution is 5.87. The normalized spacial score (nSPS) is 18.2. The third-order valence-corrected chi connectivity index (χ3v) is 2.63. The van der Waals surface area contributed by atoms with Crippen molar-refractivity contribution >= 4 is 5.91 Å². The molecule has 0 aliphatic heterocycles.